The van der Waals surface area contributed by atoms with E-state index >= 15 is 0 Å². The summed E-state index contributed by atoms with van der Waals surface area (Å²) < 4.78 is 0. The summed E-state index contributed by atoms with van der Waals surface area (Å²) in [5.41, 5.74) is 1.25. The van der Waals surface area contributed by atoms with Crippen LogP contribution >= 0.6 is 0 Å². The molecule has 0 aliphatic rings. The van der Waals surface area contributed by atoms with Crippen LogP contribution in [0.25, 0.3) is 0 Å². The Kier molecular flexibility index (Phi) is 7.60. The highest BCUT2D eigenvalue weighted by Crippen LogP contribution is 2.16. The Bertz CT molecular complexity index is 357. The number of rotatable bonds is 9. The maximum Gasteiger partial charge on any atom is 0.128 e. The lowest BCUT2D eigenvalue weighted by Crippen LogP contribution is -2.32. The first-order valence-corrected chi connectivity index (χ1v) is 7.99. The van der Waals surface area contributed by atoms with Crippen LogP contribution in [-0.4, -0.2) is 23.6 Å². The normalized spacial score (nSPS) is 11.3. The van der Waals surface area contributed by atoms with E-state index in [9.17, 15) is 0 Å². The Morgan fingerprint density at radius 3 is 2.40 bits per heavy atom. The van der Waals surface area contributed by atoms with Crippen molar-refractivity contribution in [2.75, 3.05) is 11.4 Å². The summed E-state index contributed by atoms with van der Waals surface area (Å²) in [6.45, 7) is 13.0. The van der Waals surface area contributed by atoms with E-state index in [4.69, 9.17) is 0 Å². The Labute approximate surface area is 124 Å². The average molecular weight is 277 g/mol. The van der Waals surface area contributed by atoms with Gasteiger partial charge >= 0.3 is 0 Å². The second-order valence-corrected chi connectivity index (χ2v) is 6.05. The highest BCUT2D eigenvalue weighted by molar-refractivity contribution is 5.40. The van der Waals surface area contributed by atoms with Crippen LogP contribution in [0, 0.1) is 0 Å². The van der Waals surface area contributed by atoms with Crippen LogP contribution in [0.2, 0.25) is 0 Å². The number of unbranched alkanes of at least 4 members (excludes halogenated alkanes) is 2. The zero-order valence-electron chi connectivity index (χ0n) is 13.8. The van der Waals surface area contributed by atoms with Gasteiger partial charge in [-0.2, -0.15) is 0 Å². The molecule has 1 N–H and O–H groups in total. The summed E-state index contributed by atoms with van der Waals surface area (Å²) in [6, 6.07) is 5.35. The van der Waals surface area contributed by atoms with Gasteiger partial charge in [0.05, 0.1) is 0 Å². The molecular weight excluding hydrogens is 246 g/mol. The predicted octanol–water partition coefficient (Wildman–Crippen LogP) is 3.98. The molecule has 0 aliphatic heterocycles. The van der Waals surface area contributed by atoms with Crippen LogP contribution in [0.4, 0.5) is 5.82 Å². The second kappa shape index (κ2) is 8.96. The average Bonchev–Trinajstić information content (AvgIpc) is 2.42. The van der Waals surface area contributed by atoms with Crippen molar-refractivity contribution in [1.82, 2.24) is 10.3 Å². The number of aromatic nitrogens is 1. The van der Waals surface area contributed by atoms with Crippen molar-refractivity contribution in [3.05, 3.63) is 23.9 Å². The molecule has 20 heavy (non-hydrogen) atoms. The van der Waals surface area contributed by atoms with E-state index in [0.717, 1.165) is 18.9 Å². The molecule has 0 radical (unpaired) electrons. The number of hydrogen-bond acceptors (Lipinski definition) is 3. The molecule has 3 heteroatoms. The molecule has 0 bridgehead atoms. The summed E-state index contributed by atoms with van der Waals surface area (Å²) in [7, 11) is 0. The molecule has 1 aromatic heterocycles. The molecule has 0 atom stereocenters. The molecule has 0 amide bonds. The molecule has 114 valence electrons. The van der Waals surface area contributed by atoms with Gasteiger partial charge in [-0.25, -0.2) is 4.98 Å². The lowest BCUT2D eigenvalue weighted by atomic mass is 10.2. The molecule has 3 nitrogen and oxygen atoms in total. The fourth-order valence-corrected chi connectivity index (χ4v) is 2.18. The third kappa shape index (κ3) is 5.91. The van der Waals surface area contributed by atoms with Crippen LogP contribution in [0.1, 0.15) is 59.4 Å². The van der Waals surface area contributed by atoms with Gasteiger partial charge in [0.2, 0.25) is 0 Å². The van der Waals surface area contributed by atoms with E-state index in [1.807, 2.05) is 6.20 Å². The van der Waals surface area contributed by atoms with Crippen molar-refractivity contribution >= 4 is 5.82 Å². The maximum atomic E-state index is 4.64. The van der Waals surface area contributed by atoms with Crippen molar-refractivity contribution in [3.63, 3.8) is 0 Å². The molecule has 0 fully saturated rings. The quantitative estimate of drug-likeness (QED) is 0.692. The highest BCUT2D eigenvalue weighted by Gasteiger charge is 2.11. The number of pyridine rings is 1. The first kappa shape index (κ1) is 17.0. The second-order valence-electron chi connectivity index (χ2n) is 6.05. The van der Waals surface area contributed by atoms with Crippen LogP contribution in [0.3, 0.4) is 0 Å². The lowest BCUT2D eigenvalue weighted by Gasteiger charge is -2.28. The molecule has 1 rings (SSSR count). The summed E-state index contributed by atoms with van der Waals surface area (Å²) in [6.07, 6.45) is 5.80. The van der Waals surface area contributed by atoms with Crippen molar-refractivity contribution in [2.24, 2.45) is 0 Å². The van der Waals surface area contributed by atoms with Gasteiger partial charge in [0.1, 0.15) is 5.82 Å². The van der Waals surface area contributed by atoms with Crippen LogP contribution in [-0.2, 0) is 6.54 Å². The third-order valence-corrected chi connectivity index (χ3v) is 3.44. The largest absolute Gasteiger partial charge is 0.354 e. The molecule has 0 saturated carbocycles. The van der Waals surface area contributed by atoms with Gasteiger partial charge in [-0.15, -0.1) is 0 Å². The minimum Gasteiger partial charge on any atom is -0.354 e. The van der Waals surface area contributed by atoms with Crippen molar-refractivity contribution in [1.29, 1.82) is 0 Å². The van der Waals surface area contributed by atoms with Crippen LogP contribution < -0.4 is 10.2 Å². The summed E-state index contributed by atoms with van der Waals surface area (Å²) in [5, 5.41) is 3.42. The minimum absolute atomic E-state index is 0.499. The Hall–Kier alpha value is -1.09. The number of anilines is 1. The molecular formula is C17H31N3. The number of hydrogen-bond donors (Lipinski definition) is 1. The van der Waals surface area contributed by atoms with Crippen molar-refractivity contribution < 1.29 is 0 Å². The van der Waals surface area contributed by atoms with Gasteiger partial charge in [-0.05, 0) is 31.9 Å². The molecule has 0 saturated heterocycles. The Morgan fingerprint density at radius 2 is 1.90 bits per heavy atom. The van der Waals surface area contributed by atoms with Gasteiger partial charge < -0.3 is 10.2 Å². The molecule has 1 heterocycles. The van der Waals surface area contributed by atoms with Gasteiger partial charge in [-0.1, -0.05) is 39.7 Å². The smallest absolute Gasteiger partial charge is 0.128 e. The monoisotopic (exact) mass is 277 g/mol. The van der Waals surface area contributed by atoms with Gasteiger partial charge in [0, 0.05) is 31.4 Å². The molecule has 1 aromatic rings. The van der Waals surface area contributed by atoms with Crippen molar-refractivity contribution in [2.45, 2.75) is 72.5 Å². The number of nitrogens with one attached hydrogen (secondary N) is 1. The third-order valence-electron chi connectivity index (χ3n) is 3.44. The zero-order chi connectivity index (χ0) is 15.0. The van der Waals surface area contributed by atoms with Gasteiger partial charge in [-0.3, -0.25) is 0 Å². The van der Waals surface area contributed by atoms with E-state index in [1.54, 1.807) is 0 Å². The fourth-order valence-electron chi connectivity index (χ4n) is 2.18. The Morgan fingerprint density at radius 1 is 1.15 bits per heavy atom. The van der Waals surface area contributed by atoms with E-state index in [1.165, 1.54) is 24.8 Å². The zero-order valence-corrected chi connectivity index (χ0v) is 13.8. The lowest BCUT2D eigenvalue weighted by molar-refractivity contribution is 0.587. The van der Waals surface area contributed by atoms with E-state index in [-0.39, 0.29) is 0 Å². The van der Waals surface area contributed by atoms with Gasteiger partial charge in [0.25, 0.3) is 0 Å². The summed E-state index contributed by atoms with van der Waals surface area (Å²) in [5.74, 6) is 1.10. The summed E-state index contributed by atoms with van der Waals surface area (Å²) >= 11 is 0. The highest BCUT2D eigenvalue weighted by atomic mass is 15.2. The molecule has 0 aromatic carbocycles. The van der Waals surface area contributed by atoms with Gasteiger partial charge in [0.15, 0.2) is 0 Å². The predicted molar refractivity (Wildman–Crippen MR) is 88.2 cm³/mol. The minimum atomic E-state index is 0.499. The SMILES string of the molecule is CCCCCN(c1ccc(CNC(C)C)cn1)C(C)C. The first-order valence-electron chi connectivity index (χ1n) is 7.99. The van der Waals surface area contributed by atoms with Crippen LogP contribution in [0.15, 0.2) is 18.3 Å². The molecule has 0 aliphatic carbocycles. The van der Waals surface area contributed by atoms with E-state index in [2.05, 4.69) is 62.0 Å². The fraction of sp³-hybridized carbons (Fsp3) is 0.706. The first-order chi connectivity index (χ1) is 9.54. The number of nitrogens with zero attached hydrogens (tertiary/aromatic N) is 2. The summed E-state index contributed by atoms with van der Waals surface area (Å²) in [4.78, 5) is 7.04. The van der Waals surface area contributed by atoms with E-state index < -0.39 is 0 Å². The topological polar surface area (TPSA) is 28.2 Å². The molecule has 0 spiro atoms. The Balaban J connectivity index is 2.62. The standard InChI is InChI=1S/C17H31N3/c1-6-7-8-11-20(15(4)5)17-10-9-16(13-19-17)12-18-14(2)3/h9-10,13-15,18H,6-8,11-12H2,1-5H3. The van der Waals surface area contributed by atoms with Crippen LogP contribution in [0.5, 0.6) is 0 Å². The van der Waals surface area contributed by atoms with E-state index in [0.29, 0.717) is 12.1 Å². The van der Waals surface area contributed by atoms with Crippen molar-refractivity contribution in [3.8, 4) is 0 Å². The maximum absolute atomic E-state index is 4.64. The molecule has 0 unspecified atom stereocenters.